The number of benzene rings is 2. The van der Waals surface area contributed by atoms with E-state index in [0.717, 1.165) is 12.1 Å². The average Bonchev–Trinajstić information content (AvgIpc) is 2.55. The van der Waals surface area contributed by atoms with Crippen LogP contribution in [0.4, 0.5) is 14.5 Å². The fraction of sp³-hybridized carbons (Fsp3) is 0.176. The number of nitrogens with one attached hydrogen (secondary N) is 2. The van der Waals surface area contributed by atoms with Crippen molar-refractivity contribution in [2.45, 2.75) is 13.0 Å². The Balaban J connectivity index is 1.90. The Labute approximate surface area is 132 Å². The van der Waals surface area contributed by atoms with Gasteiger partial charge in [-0.15, -0.1) is 0 Å². The molecule has 0 saturated carbocycles. The lowest BCUT2D eigenvalue weighted by atomic mass is 10.1. The molecule has 0 aliphatic rings. The number of halogens is 2. The third kappa shape index (κ3) is 4.59. The van der Waals surface area contributed by atoms with Gasteiger partial charge in [0.05, 0.1) is 18.2 Å². The molecular weight excluding hydrogens is 300 g/mol. The van der Waals surface area contributed by atoms with Crippen molar-refractivity contribution in [3.63, 3.8) is 0 Å². The Hall–Kier alpha value is -2.78. The first-order chi connectivity index (χ1) is 11.0. The molecule has 23 heavy (non-hydrogen) atoms. The van der Waals surface area contributed by atoms with E-state index in [1.807, 2.05) is 6.07 Å². The summed E-state index contributed by atoms with van der Waals surface area (Å²) in [4.78, 5) is 11.9. The Kier molecular flexibility index (Phi) is 5.39. The molecule has 0 aliphatic carbocycles. The molecular formula is C17H15F2N3O. The summed E-state index contributed by atoms with van der Waals surface area (Å²) in [5.41, 5.74) is 1.52. The Morgan fingerprint density at radius 1 is 1.22 bits per heavy atom. The van der Waals surface area contributed by atoms with Crippen molar-refractivity contribution in [3.05, 3.63) is 65.2 Å². The lowest BCUT2D eigenvalue weighted by molar-refractivity contribution is -0.115. The van der Waals surface area contributed by atoms with Crippen LogP contribution in [0.15, 0.2) is 42.5 Å². The zero-order valence-corrected chi connectivity index (χ0v) is 12.4. The molecule has 0 spiro atoms. The van der Waals surface area contributed by atoms with Crippen molar-refractivity contribution in [1.82, 2.24) is 5.32 Å². The van der Waals surface area contributed by atoms with Crippen LogP contribution in [0.2, 0.25) is 0 Å². The van der Waals surface area contributed by atoms with Gasteiger partial charge in [-0.05, 0) is 42.8 Å². The van der Waals surface area contributed by atoms with Gasteiger partial charge < -0.3 is 10.6 Å². The summed E-state index contributed by atoms with van der Waals surface area (Å²) in [6.07, 6.45) is 0. The molecule has 118 valence electrons. The monoisotopic (exact) mass is 315 g/mol. The van der Waals surface area contributed by atoms with Gasteiger partial charge in [0.2, 0.25) is 5.91 Å². The molecule has 0 unspecified atom stereocenters. The van der Waals surface area contributed by atoms with Crippen LogP contribution in [-0.2, 0) is 4.79 Å². The molecule has 4 nitrogen and oxygen atoms in total. The lowest BCUT2D eigenvalue weighted by Gasteiger charge is -2.14. The standard InChI is InChI=1S/C17H15F2N3O/c1-11(13-5-6-15(18)16(19)8-13)21-10-17(23)22-14-4-2-3-12(7-14)9-20/h2-8,11,21H,10H2,1H3,(H,22,23)/t11-/m1/s1. The summed E-state index contributed by atoms with van der Waals surface area (Å²) in [6.45, 7) is 1.74. The van der Waals surface area contributed by atoms with E-state index in [0.29, 0.717) is 16.8 Å². The van der Waals surface area contributed by atoms with Gasteiger partial charge in [-0.3, -0.25) is 4.79 Å². The highest BCUT2D eigenvalue weighted by atomic mass is 19.2. The molecule has 0 fully saturated rings. The van der Waals surface area contributed by atoms with Crippen molar-refractivity contribution in [1.29, 1.82) is 5.26 Å². The summed E-state index contributed by atoms with van der Waals surface area (Å²) in [6, 6.07) is 11.8. The molecule has 0 bridgehead atoms. The minimum atomic E-state index is -0.922. The summed E-state index contributed by atoms with van der Waals surface area (Å²) in [5, 5.41) is 14.4. The fourth-order valence-corrected chi connectivity index (χ4v) is 2.02. The Morgan fingerprint density at radius 3 is 2.70 bits per heavy atom. The van der Waals surface area contributed by atoms with E-state index in [-0.39, 0.29) is 18.5 Å². The van der Waals surface area contributed by atoms with Gasteiger partial charge in [-0.2, -0.15) is 5.26 Å². The summed E-state index contributed by atoms with van der Waals surface area (Å²) in [5.74, 6) is -2.13. The topological polar surface area (TPSA) is 64.9 Å². The number of carbonyl (C=O) groups excluding carboxylic acids is 1. The number of nitrogens with zero attached hydrogens (tertiary/aromatic N) is 1. The summed E-state index contributed by atoms with van der Waals surface area (Å²) >= 11 is 0. The maximum Gasteiger partial charge on any atom is 0.238 e. The number of amides is 1. The smallest absolute Gasteiger partial charge is 0.238 e. The first-order valence-electron chi connectivity index (χ1n) is 6.98. The van der Waals surface area contributed by atoms with Gasteiger partial charge >= 0.3 is 0 Å². The molecule has 0 aliphatic heterocycles. The largest absolute Gasteiger partial charge is 0.325 e. The third-order valence-corrected chi connectivity index (χ3v) is 3.29. The van der Waals surface area contributed by atoms with E-state index in [4.69, 9.17) is 5.26 Å². The zero-order valence-electron chi connectivity index (χ0n) is 12.4. The Bertz CT molecular complexity index is 756. The van der Waals surface area contributed by atoms with E-state index in [9.17, 15) is 13.6 Å². The second-order valence-corrected chi connectivity index (χ2v) is 5.02. The van der Waals surface area contributed by atoms with Crippen LogP contribution in [0.3, 0.4) is 0 Å². The van der Waals surface area contributed by atoms with Gasteiger partial charge in [0.25, 0.3) is 0 Å². The van der Waals surface area contributed by atoms with E-state index < -0.39 is 11.6 Å². The van der Waals surface area contributed by atoms with E-state index in [1.165, 1.54) is 6.07 Å². The molecule has 0 saturated heterocycles. The maximum atomic E-state index is 13.2. The van der Waals surface area contributed by atoms with Crippen LogP contribution in [0.5, 0.6) is 0 Å². The van der Waals surface area contributed by atoms with Crippen LogP contribution in [-0.4, -0.2) is 12.5 Å². The van der Waals surface area contributed by atoms with Crippen LogP contribution in [0.1, 0.15) is 24.1 Å². The molecule has 1 atom stereocenters. The summed E-state index contributed by atoms with van der Waals surface area (Å²) < 4.78 is 26.1. The van der Waals surface area contributed by atoms with Crippen LogP contribution in [0, 0.1) is 23.0 Å². The molecule has 2 aromatic carbocycles. The van der Waals surface area contributed by atoms with Gasteiger partial charge in [0.1, 0.15) is 0 Å². The lowest BCUT2D eigenvalue weighted by Crippen LogP contribution is -2.30. The first-order valence-corrected chi connectivity index (χ1v) is 6.98. The van der Waals surface area contributed by atoms with Crippen LogP contribution in [0.25, 0.3) is 0 Å². The quantitative estimate of drug-likeness (QED) is 0.891. The number of hydrogen-bond acceptors (Lipinski definition) is 3. The second-order valence-electron chi connectivity index (χ2n) is 5.02. The minimum Gasteiger partial charge on any atom is -0.325 e. The molecule has 2 N–H and O–H groups in total. The van der Waals surface area contributed by atoms with Crippen molar-refractivity contribution in [2.75, 3.05) is 11.9 Å². The van der Waals surface area contributed by atoms with E-state index in [2.05, 4.69) is 10.6 Å². The molecule has 2 rings (SSSR count). The average molecular weight is 315 g/mol. The predicted molar refractivity (Wildman–Crippen MR) is 82.6 cm³/mol. The first kappa shape index (κ1) is 16.6. The van der Waals surface area contributed by atoms with Crippen LogP contribution < -0.4 is 10.6 Å². The highest BCUT2D eigenvalue weighted by Gasteiger charge is 2.11. The molecule has 0 heterocycles. The van der Waals surface area contributed by atoms with E-state index in [1.54, 1.807) is 31.2 Å². The normalized spacial score (nSPS) is 11.6. The van der Waals surface area contributed by atoms with Crippen molar-refractivity contribution >= 4 is 11.6 Å². The number of rotatable bonds is 5. The Morgan fingerprint density at radius 2 is 2.00 bits per heavy atom. The fourth-order valence-electron chi connectivity index (χ4n) is 2.02. The van der Waals surface area contributed by atoms with Crippen LogP contribution >= 0.6 is 0 Å². The molecule has 2 aromatic rings. The van der Waals surface area contributed by atoms with Gasteiger partial charge in [0, 0.05) is 11.7 Å². The second kappa shape index (κ2) is 7.47. The highest BCUT2D eigenvalue weighted by Crippen LogP contribution is 2.16. The number of carbonyl (C=O) groups is 1. The molecule has 1 amide bonds. The highest BCUT2D eigenvalue weighted by molar-refractivity contribution is 5.92. The molecule has 0 radical (unpaired) electrons. The van der Waals surface area contributed by atoms with Crippen molar-refractivity contribution < 1.29 is 13.6 Å². The SMILES string of the molecule is C[C@@H](NCC(=O)Nc1cccc(C#N)c1)c1ccc(F)c(F)c1. The molecule has 0 aromatic heterocycles. The van der Waals surface area contributed by atoms with Gasteiger partial charge in [0.15, 0.2) is 11.6 Å². The summed E-state index contributed by atoms with van der Waals surface area (Å²) in [7, 11) is 0. The van der Waals surface area contributed by atoms with E-state index >= 15 is 0 Å². The van der Waals surface area contributed by atoms with Gasteiger partial charge in [-0.1, -0.05) is 12.1 Å². The maximum absolute atomic E-state index is 13.2. The minimum absolute atomic E-state index is 0.00303. The van der Waals surface area contributed by atoms with Gasteiger partial charge in [-0.25, -0.2) is 8.78 Å². The van der Waals surface area contributed by atoms with Crippen molar-refractivity contribution in [2.24, 2.45) is 0 Å². The number of anilines is 1. The number of hydrogen-bond donors (Lipinski definition) is 2. The zero-order chi connectivity index (χ0) is 16.8. The molecule has 6 heteroatoms. The number of nitriles is 1. The third-order valence-electron chi connectivity index (χ3n) is 3.29. The predicted octanol–water partition coefficient (Wildman–Crippen LogP) is 3.13. The van der Waals surface area contributed by atoms with Crippen molar-refractivity contribution in [3.8, 4) is 6.07 Å².